The molecule has 2 nitrogen and oxygen atoms in total. The van der Waals surface area contributed by atoms with Crippen LogP contribution in [0, 0.1) is 0 Å². The lowest BCUT2D eigenvalue weighted by molar-refractivity contribution is 0.127. The molecule has 22 heavy (non-hydrogen) atoms. The molecule has 0 bridgehead atoms. The molecule has 0 fully saturated rings. The highest BCUT2D eigenvalue weighted by Crippen LogP contribution is 2.40. The fraction of sp³-hybridized carbons (Fsp3) is 0.600. The zero-order valence-corrected chi connectivity index (χ0v) is 14.4. The molecule has 0 amide bonds. The summed E-state index contributed by atoms with van der Waals surface area (Å²) in [6, 6.07) is 9.13. The summed E-state index contributed by atoms with van der Waals surface area (Å²) in [5, 5.41) is 0. The van der Waals surface area contributed by atoms with Crippen LogP contribution < -0.4 is 5.73 Å². The second kappa shape index (κ2) is 7.94. The fourth-order valence-corrected chi connectivity index (χ4v) is 3.81. The van der Waals surface area contributed by atoms with Crippen molar-refractivity contribution in [3.8, 4) is 0 Å². The molecule has 0 heterocycles. The summed E-state index contributed by atoms with van der Waals surface area (Å²) in [4.78, 5) is 2.65. The number of unbranched alkanes of at least 4 members (excludes halogenated alkanes) is 2. The highest BCUT2D eigenvalue weighted by Gasteiger charge is 2.45. The Labute approximate surface area is 136 Å². The van der Waals surface area contributed by atoms with Gasteiger partial charge in [0.15, 0.2) is 0 Å². The quantitative estimate of drug-likeness (QED) is 0.691. The van der Waals surface area contributed by atoms with Crippen molar-refractivity contribution in [3.05, 3.63) is 48.0 Å². The topological polar surface area (TPSA) is 29.3 Å². The first-order chi connectivity index (χ1) is 10.7. The molecule has 2 unspecified atom stereocenters. The third kappa shape index (κ3) is 3.44. The normalized spacial score (nSPS) is 23.7. The van der Waals surface area contributed by atoms with Crippen molar-refractivity contribution in [3.63, 3.8) is 0 Å². The Morgan fingerprint density at radius 3 is 2.45 bits per heavy atom. The van der Waals surface area contributed by atoms with Crippen molar-refractivity contribution in [1.82, 2.24) is 4.90 Å². The molecule has 0 aliphatic heterocycles. The van der Waals surface area contributed by atoms with E-state index in [4.69, 9.17) is 5.73 Å². The van der Waals surface area contributed by atoms with E-state index in [1.54, 1.807) is 0 Å². The minimum absolute atomic E-state index is 0.278. The fourth-order valence-electron chi connectivity index (χ4n) is 3.81. The first kappa shape index (κ1) is 17.2. The van der Waals surface area contributed by atoms with Crippen molar-refractivity contribution < 1.29 is 0 Å². The van der Waals surface area contributed by atoms with Crippen molar-refractivity contribution >= 4 is 0 Å². The van der Waals surface area contributed by atoms with Gasteiger partial charge in [0.2, 0.25) is 0 Å². The molecule has 122 valence electrons. The van der Waals surface area contributed by atoms with Crippen LogP contribution in [-0.2, 0) is 12.0 Å². The van der Waals surface area contributed by atoms with Crippen LogP contribution in [0.3, 0.4) is 0 Å². The molecule has 0 saturated heterocycles. The highest BCUT2D eigenvalue weighted by molar-refractivity contribution is 5.42. The van der Waals surface area contributed by atoms with Crippen molar-refractivity contribution in [2.24, 2.45) is 5.73 Å². The van der Waals surface area contributed by atoms with E-state index >= 15 is 0 Å². The van der Waals surface area contributed by atoms with Gasteiger partial charge in [-0.3, -0.25) is 4.90 Å². The third-order valence-electron chi connectivity index (χ3n) is 5.05. The van der Waals surface area contributed by atoms with Crippen LogP contribution >= 0.6 is 0 Å². The smallest absolute Gasteiger partial charge is 0.0608 e. The van der Waals surface area contributed by atoms with Gasteiger partial charge in [-0.05, 0) is 49.9 Å². The molecular weight excluding hydrogens is 268 g/mol. The minimum atomic E-state index is -0.278. The number of hydrogen-bond donors (Lipinski definition) is 1. The van der Waals surface area contributed by atoms with Crippen LogP contribution in [0.5, 0.6) is 0 Å². The predicted octanol–water partition coefficient (Wildman–Crippen LogP) is 4.24. The summed E-state index contributed by atoms with van der Waals surface area (Å²) >= 11 is 0. The molecule has 0 saturated carbocycles. The second-order valence-electron chi connectivity index (χ2n) is 6.65. The van der Waals surface area contributed by atoms with Crippen LogP contribution in [0.4, 0.5) is 0 Å². The Bertz CT molecular complexity index is 474. The number of hydrogen-bond acceptors (Lipinski definition) is 2. The Hall–Kier alpha value is -1.12. The standard InChI is InChI=1S/C20H32N2/c1-4-7-14-22(15-8-5-2)19-16-17-11-9-10-12-18(17)20(19,21)13-6-3/h6,9-12,19H,3-5,7-8,13-16,21H2,1-2H3. The summed E-state index contributed by atoms with van der Waals surface area (Å²) in [6.45, 7) is 10.8. The molecule has 0 radical (unpaired) electrons. The van der Waals surface area contributed by atoms with Gasteiger partial charge >= 0.3 is 0 Å². The van der Waals surface area contributed by atoms with Gasteiger partial charge < -0.3 is 5.73 Å². The first-order valence-corrected chi connectivity index (χ1v) is 8.89. The molecule has 2 atom stereocenters. The molecular formula is C20H32N2. The summed E-state index contributed by atoms with van der Waals surface area (Å²) in [5.41, 5.74) is 9.44. The second-order valence-corrected chi connectivity index (χ2v) is 6.65. The van der Waals surface area contributed by atoms with E-state index in [9.17, 15) is 0 Å². The van der Waals surface area contributed by atoms with Crippen LogP contribution in [0.25, 0.3) is 0 Å². The van der Waals surface area contributed by atoms with Gasteiger partial charge in [0.1, 0.15) is 0 Å². The zero-order chi connectivity index (χ0) is 16.0. The van der Waals surface area contributed by atoms with E-state index < -0.39 is 0 Å². The van der Waals surface area contributed by atoms with E-state index in [0.717, 1.165) is 25.9 Å². The third-order valence-corrected chi connectivity index (χ3v) is 5.05. The van der Waals surface area contributed by atoms with E-state index in [1.165, 1.54) is 36.8 Å². The van der Waals surface area contributed by atoms with Crippen LogP contribution in [-0.4, -0.2) is 24.0 Å². The summed E-state index contributed by atoms with van der Waals surface area (Å²) in [6.07, 6.45) is 8.90. The monoisotopic (exact) mass is 300 g/mol. The maximum Gasteiger partial charge on any atom is 0.0608 e. The van der Waals surface area contributed by atoms with Crippen LogP contribution in [0.15, 0.2) is 36.9 Å². The lowest BCUT2D eigenvalue weighted by atomic mass is 9.85. The molecule has 2 rings (SSSR count). The van der Waals surface area contributed by atoms with Gasteiger partial charge in [0.25, 0.3) is 0 Å². The van der Waals surface area contributed by atoms with Crippen molar-refractivity contribution in [1.29, 1.82) is 0 Å². The molecule has 1 aromatic rings. The van der Waals surface area contributed by atoms with E-state index in [-0.39, 0.29) is 5.54 Å². The van der Waals surface area contributed by atoms with Crippen molar-refractivity contribution in [2.75, 3.05) is 13.1 Å². The molecule has 2 N–H and O–H groups in total. The molecule has 0 aromatic heterocycles. The van der Waals surface area contributed by atoms with Gasteiger partial charge in [-0.25, -0.2) is 0 Å². The first-order valence-electron chi connectivity index (χ1n) is 8.89. The maximum absolute atomic E-state index is 6.96. The largest absolute Gasteiger partial charge is 0.320 e. The predicted molar refractivity (Wildman–Crippen MR) is 96.0 cm³/mol. The molecule has 1 aliphatic rings. The van der Waals surface area contributed by atoms with Crippen LogP contribution in [0.1, 0.15) is 57.1 Å². The van der Waals surface area contributed by atoms with Gasteiger partial charge in [-0.15, -0.1) is 6.58 Å². The zero-order valence-electron chi connectivity index (χ0n) is 14.4. The minimum Gasteiger partial charge on any atom is -0.320 e. The Balaban J connectivity index is 2.28. The number of rotatable bonds is 9. The Morgan fingerprint density at radius 2 is 1.86 bits per heavy atom. The Morgan fingerprint density at radius 1 is 1.23 bits per heavy atom. The van der Waals surface area contributed by atoms with Crippen LogP contribution in [0.2, 0.25) is 0 Å². The molecule has 1 aliphatic carbocycles. The lowest BCUT2D eigenvalue weighted by Crippen LogP contribution is -2.54. The van der Waals surface area contributed by atoms with Gasteiger partial charge in [0.05, 0.1) is 5.54 Å². The van der Waals surface area contributed by atoms with Gasteiger partial charge in [0, 0.05) is 6.04 Å². The number of benzene rings is 1. The number of nitrogens with two attached hydrogens (primary N) is 1. The van der Waals surface area contributed by atoms with E-state index in [2.05, 4.69) is 49.6 Å². The summed E-state index contributed by atoms with van der Waals surface area (Å²) in [7, 11) is 0. The Kier molecular flexibility index (Phi) is 6.22. The van der Waals surface area contributed by atoms with Gasteiger partial charge in [-0.1, -0.05) is 57.0 Å². The summed E-state index contributed by atoms with van der Waals surface area (Å²) in [5.74, 6) is 0. The SMILES string of the molecule is C=CCC1(N)c2ccccc2CC1N(CCCC)CCCC. The molecule has 2 heteroatoms. The average Bonchev–Trinajstić information content (AvgIpc) is 2.81. The molecule has 0 spiro atoms. The maximum atomic E-state index is 6.96. The average molecular weight is 300 g/mol. The number of nitrogens with zero attached hydrogens (tertiary/aromatic N) is 1. The highest BCUT2D eigenvalue weighted by atomic mass is 15.2. The lowest BCUT2D eigenvalue weighted by Gasteiger charge is -2.40. The molecule has 1 aromatic carbocycles. The van der Waals surface area contributed by atoms with E-state index in [1.807, 2.05) is 6.08 Å². The van der Waals surface area contributed by atoms with Gasteiger partial charge in [-0.2, -0.15) is 0 Å². The number of fused-ring (bicyclic) bond motifs is 1. The van der Waals surface area contributed by atoms with Crippen molar-refractivity contribution in [2.45, 2.75) is 64.0 Å². The van der Waals surface area contributed by atoms with E-state index in [0.29, 0.717) is 6.04 Å². The summed E-state index contributed by atoms with van der Waals surface area (Å²) < 4.78 is 0.